The minimum Gasteiger partial charge on any atom is -0.465 e. The van der Waals surface area contributed by atoms with Gasteiger partial charge in [0.05, 0.1) is 12.7 Å². The lowest BCUT2D eigenvalue weighted by molar-refractivity contribution is 0.0599. The summed E-state index contributed by atoms with van der Waals surface area (Å²) in [7, 11) is 1.44. The molecule has 1 rings (SSSR count). The van der Waals surface area contributed by atoms with Crippen molar-refractivity contribution in [2.24, 2.45) is 0 Å². The van der Waals surface area contributed by atoms with Crippen LogP contribution < -0.4 is 0 Å². The quantitative estimate of drug-likeness (QED) is 0.353. The molecule has 2 heteroatoms. The molecule has 0 N–H and O–H groups in total. The predicted octanol–water partition coefficient (Wildman–Crippen LogP) is 5.94. The van der Waals surface area contributed by atoms with E-state index in [1.165, 1.54) is 64.9 Å². The second kappa shape index (κ2) is 12.3. The molecule has 1 aromatic carbocycles. The number of rotatable bonds is 12. The third-order valence-electron chi connectivity index (χ3n) is 4.22. The van der Waals surface area contributed by atoms with Gasteiger partial charge in [-0.1, -0.05) is 82.9 Å². The number of esters is 1. The van der Waals surface area contributed by atoms with Crippen LogP contribution in [0.3, 0.4) is 0 Å². The smallest absolute Gasteiger partial charge is 0.338 e. The molecule has 0 aliphatic heterocycles. The number of benzene rings is 1. The Kier molecular flexibility index (Phi) is 10.4. The summed E-state index contributed by atoms with van der Waals surface area (Å²) in [5.74, 6) is -0.220. The van der Waals surface area contributed by atoms with Gasteiger partial charge < -0.3 is 4.74 Å². The molecule has 0 spiro atoms. The normalized spacial score (nSPS) is 10.6. The van der Waals surface area contributed by atoms with Crippen LogP contribution in [0.15, 0.2) is 24.3 Å². The van der Waals surface area contributed by atoms with Crippen LogP contribution in [-0.4, -0.2) is 13.1 Å². The Labute approximate surface area is 136 Å². The summed E-state index contributed by atoms with van der Waals surface area (Å²) in [6, 6.07) is 7.80. The van der Waals surface area contributed by atoms with Crippen LogP contribution >= 0.6 is 0 Å². The lowest BCUT2D eigenvalue weighted by Gasteiger charge is -2.07. The molecular weight excluding hydrogens is 272 g/mol. The molecule has 0 amide bonds. The van der Waals surface area contributed by atoms with Crippen molar-refractivity contribution in [2.75, 3.05) is 7.11 Å². The van der Waals surface area contributed by atoms with Gasteiger partial charge in [0.2, 0.25) is 0 Å². The van der Waals surface area contributed by atoms with Crippen LogP contribution in [0.4, 0.5) is 0 Å². The molecule has 2 nitrogen and oxygen atoms in total. The fraction of sp³-hybridized carbons (Fsp3) is 0.650. The van der Waals surface area contributed by atoms with E-state index in [4.69, 9.17) is 4.74 Å². The van der Waals surface area contributed by atoms with Gasteiger partial charge in [0.1, 0.15) is 0 Å². The van der Waals surface area contributed by atoms with Crippen LogP contribution in [0.5, 0.6) is 0 Å². The van der Waals surface area contributed by atoms with E-state index < -0.39 is 0 Å². The topological polar surface area (TPSA) is 26.3 Å². The lowest BCUT2D eigenvalue weighted by atomic mass is 10.00. The van der Waals surface area contributed by atoms with Crippen LogP contribution in [-0.2, 0) is 11.2 Å². The first-order valence-corrected chi connectivity index (χ1v) is 8.95. The van der Waals surface area contributed by atoms with Crippen molar-refractivity contribution in [3.8, 4) is 0 Å². The van der Waals surface area contributed by atoms with Gasteiger partial charge in [-0.2, -0.15) is 0 Å². The van der Waals surface area contributed by atoms with Crippen molar-refractivity contribution >= 4 is 5.97 Å². The SMILES string of the molecule is CCCCCCCCCCCCc1ccccc1C(=O)OC. The zero-order valence-electron chi connectivity index (χ0n) is 14.4. The monoisotopic (exact) mass is 304 g/mol. The molecule has 0 aliphatic carbocycles. The second-order valence-electron chi connectivity index (χ2n) is 6.08. The van der Waals surface area contributed by atoms with E-state index in [9.17, 15) is 4.79 Å². The van der Waals surface area contributed by atoms with Crippen LogP contribution in [0.25, 0.3) is 0 Å². The molecule has 0 fully saturated rings. The summed E-state index contributed by atoms with van der Waals surface area (Å²) >= 11 is 0. The summed E-state index contributed by atoms with van der Waals surface area (Å²) in [5, 5.41) is 0. The molecule has 0 aromatic heterocycles. The van der Waals surface area contributed by atoms with Crippen LogP contribution in [0.1, 0.15) is 87.1 Å². The zero-order chi connectivity index (χ0) is 16.0. The van der Waals surface area contributed by atoms with Crippen LogP contribution in [0.2, 0.25) is 0 Å². The van der Waals surface area contributed by atoms with E-state index in [0.717, 1.165) is 24.0 Å². The van der Waals surface area contributed by atoms with E-state index >= 15 is 0 Å². The fourth-order valence-corrected chi connectivity index (χ4v) is 2.85. The highest BCUT2D eigenvalue weighted by Gasteiger charge is 2.09. The van der Waals surface area contributed by atoms with Gasteiger partial charge in [-0.15, -0.1) is 0 Å². The van der Waals surface area contributed by atoms with E-state index in [-0.39, 0.29) is 5.97 Å². The molecule has 1 aromatic rings. The third kappa shape index (κ3) is 7.63. The molecule has 22 heavy (non-hydrogen) atoms. The third-order valence-corrected chi connectivity index (χ3v) is 4.22. The maximum Gasteiger partial charge on any atom is 0.338 e. The van der Waals surface area contributed by atoms with E-state index in [2.05, 4.69) is 6.92 Å². The molecule has 0 aliphatic rings. The Morgan fingerprint density at radius 3 is 2.00 bits per heavy atom. The zero-order valence-corrected chi connectivity index (χ0v) is 14.4. The maximum absolute atomic E-state index is 11.7. The first kappa shape index (κ1) is 18.7. The lowest BCUT2D eigenvalue weighted by Crippen LogP contribution is -2.05. The van der Waals surface area contributed by atoms with E-state index in [1.54, 1.807) is 0 Å². The molecule has 0 unspecified atom stereocenters. The largest absolute Gasteiger partial charge is 0.465 e. The summed E-state index contributed by atoms with van der Waals surface area (Å²) in [4.78, 5) is 11.7. The number of methoxy groups -OCH3 is 1. The van der Waals surface area contributed by atoms with Gasteiger partial charge in [-0.25, -0.2) is 4.79 Å². The molecule has 0 heterocycles. The van der Waals surface area contributed by atoms with Crippen molar-refractivity contribution < 1.29 is 9.53 Å². The second-order valence-corrected chi connectivity index (χ2v) is 6.08. The maximum atomic E-state index is 11.7. The predicted molar refractivity (Wildman–Crippen MR) is 93.3 cm³/mol. The Bertz CT molecular complexity index is 412. The fourth-order valence-electron chi connectivity index (χ4n) is 2.85. The van der Waals surface area contributed by atoms with Crippen molar-refractivity contribution in [1.29, 1.82) is 0 Å². The first-order chi connectivity index (χ1) is 10.8. The van der Waals surface area contributed by atoms with Crippen molar-refractivity contribution in [2.45, 2.75) is 77.6 Å². The molecule has 0 bridgehead atoms. The van der Waals surface area contributed by atoms with Crippen LogP contribution in [0, 0.1) is 0 Å². The molecule has 0 saturated carbocycles. The number of hydrogen-bond donors (Lipinski definition) is 0. The summed E-state index contributed by atoms with van der Waals surface area (Å²) in [5.41, 5.74) is 1.84. The van der Waals surface area contributed by atoms with E-state index in [1.807, 2.05) is 24.3 Å². The Hall–Kier alpha value is -1.31. The Balaban J connectivity index is 2.11. The molecule has 0 saturated heterocycles. The number of ether oxygens (including phenoxy) is 1. The summed E-state index contributed by atoms with van der Waals surface area (Å²) < 4.78 is 4.84. The highest BCUT2D eigenvalue weighted by molar-refractivity contribution is 5.90. The van der Waals surface area contributed by atoms with Gasteiger partial charge >= 0.3 is 5.97 Å². The minimum atomic E-state index is -0.220. The van der Waals surface area contributed by atoms with Crippen molar-refractivity contribution in [3.05, 3.63) is 35.4 Å². The van der Waals surface area contributed by atoms with Crippen molar-refractivity contribution in [3.63, 3.8) is 0 Å². The van der Waals surface area contributed by atoms with E-state index in [0.29, 0.717) is 0 Å². The highest BCUT2D eigenvalue weighted by atomic mass is 16.5. The standard InChI is InChI=1S/C20H32O2/c1-3-4-5-6-7-8-9-10-11-12-15-18-16-13-14-17-19(18)20(21)22-2/h13-14,16-17H,3-12,15H2,1-2H3. The number of carbonyl (C=O) groups excluding carboxylic acids is 1. The average molecular weight is 304 g/mol. The highest BCUT2D eigenvalue weighted by Crippen LogP contribution is 2.15. The van der Waals surface area contributed by atoms with Gasteiger partial charge in [0, 0.05) is 0 Å². The summed E-state index contributed by atoms with van der Waals surface area (Å²) in [6.45, 7) is 2.26. The number of carbonyl (C=O) groups is 1. The molecular formula is C20H32O2. The summed E-state index contributed by atoms with van der Waals surface area (Å²) in [6.07, 6.45) is 14.3. The number of unbranched alkanes of at least 4 members (excludes halogenated alkanes) is 9. The van der Waals surface area contributed by atoms with Gasteiger partial charge in [0.25, 0.3) is 0 Å². The van der Waals surface area contributed by atoms with Gasteiger partial charge in [-0.3, -0.25) is 0 Å². The number of aryl methyl sites for hydroxylation is 1. The first-order valence-electron chi connectivity index (χ1n) is 8.95. The Morgan fingerprint density at radius 1 is 0.864 bits per heavy atom. The van der Waals surface area contributed by atoms with Gasteiger partial charge in [0.15, 0.2) is 0 Å². The van der Waals surface area contributed by atoms with Crippen molar-refractivity contribution in [1.82, 2.24) is 0 Å². The molecule has 0 atom stereocenters. The molecule has 0 radical (unpaired) electrons. The average Bonchev–Trinajstić information content (AvgIpc) is 2.56. The molecule has 124 valence electrons. The van der Waals surface area contributed by atoms with Gasteiger partial charge in [-0.05, 0) is 24.5 Å². The number of hydrogen-bond acceptors (Lipinski definition) is 2. The minimum absolute atomic E-state index is 0.220. The Morgan fingerprint density at radius 2 is 1.41 bits per heavy atom.